The maximum atomic E-state index is 13.5. The lowest BCUT2D eigenvalue weighted by atomic mass is 9.90. The minimum Gasteiger partial charge on any atom is -0.484 e. The lowest BCUT2D eigenvalue weighted by Gasteiger charge is -2.43. The fraction of sp³-hybridized carbons (Fsp3) is 0.231. The second-order valence-electron chi connectivity index (χ2n) is 7.89. The Morgan fingerprint density at radius 2 is 1.66 bits per heavy atom. The van der Waals surface area contributed by atoms with Gasteiger partial charge in [-0.25, -0.2) is 4.39 Å². The molecule has 0 fully saturated rings. The third kappa shape index (κ3) is 4.35. The Kier molecular flexibility index (Phi) is 6.21. The average Bonchev–Trinajstić information content (AvgIpc) is 2.79. The molecule has 3 aromatic carbocycles. The van der Waals surface area contributed by atoms with Crippen LogP contribution in [0, 0.1) is 5.82 Å². The number of para-hydroxylation sites is 2. The Morgan fingerprint density at radius 3 is 2.34 bits per heavy atom. The van der Waals surface area contributed by atoms with Crippen LogP contribution < -0.4 is 14.5 Å². The van der Waals surface area contributed by atoms with Gasteiger partial charge in [0.2, 0.25) is 5.91 Å². The molecule has 0 saturated heterocycles. The van der Waals surface area contributed by atoms with Gasteiger partial charge >= 0.3 is 0 Å². The number of amides is 2. The van der Waals surface area contributed by atoms with Crippen LogP contribution in [0.4, 0.5) is 15.8 Å². The summed E-state index contributed by atoms with van der Waals surface area (Å²) in [7, 11) is 0. The molecule has 3 aromatic rings. The van der Waals surface area contributed by atoms with Crippen LogP contribution in [-0.4, -0.2) is 24.5 Å². The van der Waals surface area contributed by atoms with E-state index in [1.54, 1.807) is 16.7 Å². The number of benzene rings is 3. The number of fused-ring (bicyclic) bond motifs is 1. The van der Waals surface area contributed by atoms with E-state index < -0.39 is 0 Å². The van der Waals surface area contributed by atoms with Crippen LogP contribution in [0.15, 0.2) is 78.9 Å². The lowest BCUT2D eigenvalue weighted by Crippen LogP contribution is -2.48. The highest BCUT2D eigenvalue weighted by atomic mass is 19.1. The number of hydrogen-bond donors (Lipinski definition) is 0. The average molecular weight is 432 g/mol. The lowest BCUT2D eigenvalue weighted by molar-refractivity contribution is -0.121. The molecule has 0 N–H and O–H groups in total. The molecule has 32 heavy (non-hydrogen) atoms. The normalized spacial score (nSPS) is 17.4. The third-order valence-corrected chi connectivity index (χ3v) is 5.69. The predicted molar refractivity (Wildman–Crippen MR) is 122 cm³/mol. The Balaban J connectivity index is 1.69. The van der Waals surface area contributed by atoms with Gasteiger partial charge in [0, 0.05) is 24.3 Å². The first-order chi connectivity index (χ1) is 15.5. The van der Waals surface area contributed by atoms with Gasteiger partial charge in [0.15, 0.2) is 6.61 Å². The van der Waals surface area contributed by atoms with Crippen molar-refractivity contribution in [3.05, 3.63) is 90.2 Å². The van der Waals surface area contributed by atoms with Crippen molar-refractivity contribution < 1.29 is 18.7 Å². The van der Waals surface area contributed by atoms with E-state index in [4.69, 9.17) is 4.74 Å². The van der Waals surface area contributed by atoms with Crippen LogP contribution in [0.3, 0.4) is 0 Å². The summed E-state index contributed by atoms with van der Waals surface area (Å²) in [4.78, 5) is 29.3. The van der Waals surface area contributed by atoms with Gasteiger partial charge in [0.1, 0.15) is 11.6 Å². The molecule has 0 spiro atoms. The topological polar surface area (TPSA) is 49.9 Å². The van der Waals surface area contributed by atoms with Gasteiger partial charge in [-0.2, -0.15) is 0 Å². The van der Waals surface area contributed by atoms with Gasteiger partial charge in [-0.15, -0.1) is 0 Å². The van der Waals surface area contributed by atoms with E-state index >= 15 is 0 Å². The quantitative estimate of drug-likeness (QED) is 0.562. The number of carbonyl (C=O) groups excluding carboxylic acids is 2. The summed E-state index contributed by atoms with van der Waals surface area (Å²) in [6, 6.07) is 22.4. The summed E-state index contributed by atoms with van der Waals surface area (Å²) >= 11 is 0. The highest BCUT2D eigenvalue weighted by Crippen LogP contribution is 2.42. The van der Waals surface area contributed by atoms with Crippen LogP contribution in [0.2, 0.25) is 0 Å². The number of anilines is 2. The molecule has 4 rings (SSSR count). The molecule has 0 aliphatic carbocycles. The zero-order valence-corrected chi connectivity index (χ0v) is 18.1. The van der Waals surface area contributed by atoms with E-state index in [9.17, 15) is 14.0 Å². The third-order valence-electron chi connectivity index (χ3n) is 5.69. The van der Waals surface area contributed by atoms with Gasteiger partial charge in [-0.05, 0) is 61.4 Å². The van der Waals surface area contributed by atoms with Crippen LogP contribution in [0.5, 0.6) is 5.75 Å². The molecule has 0 bridgehead atoms. The Hall–Kier alpha value is -3.67. The summed E-state index contributed by atoms with van der Waals surface area (Å²) in [6.07, 6.45) is 0.591. The van der Waals surface area contributed by atoms with Crippen LogP contribution >= 0.6 is 0 Å². The van der Waals surface area contributed by atoms with Crippen molar-refractivity contribution in [2.45, 2.75) is 32.4 Å². The summed E-state index contributed by atoms with van der Waals surface area (Å²) in [6.45, 7) is 3.36. The van der Waals surface area contributed by atoms with E-state index in [0.717, 1.165) is 16.9 Å². The summed E-state index contributed by atoms with van der Waals surface area (Å²) < 4.78 is 18.9. The monoisotopic (exact) mass is 432 g/mol. The molecular weight excluding hydrogens is 407 g/mol. The smallest absolute Gasteiger partial charge is 0.265 e. The standard InChI is InChI=1S/C26H25FN2O3/c1-18-16-25(23-10-6-7-11-24(23)28(18)19(2)30)29(21-8-4-3-5-9-21)26(31)17-32-22-14-12-20(27)13-15-22/h3-15,18,25H,16-17H2,1-2H3. The number of rotatable bonds is 5. The van der Waals surface area contributed by atoms with Crippen LogP contribution in [-0.2, 0) is 9.59 Å². The van der Waals surface area contributed by atoms with Gasteiger partial charge in [0.05, 0.1) is 6.04 Å². The van der Waals surface area contributed by atoms with E-state index in [1.165, 1.54) is 24.3 Å². The van der Waals surface area contributed by atoms with Gasteiger partial charge < -0.3 is 14.5 Å². The zero-order valence-electron chi connectivity index (χ0n) is 18.1. The number of ether oxygens (including phenoxy) is 1. The van der Waals surface area contributed by atoms with E-state index in [0.29, 0.717) is 12.2 Å². The van der Waals surface area contributed by atoms with E-state index in [1.807, 2.05) is 61.5 Å². The molecule has 6 heteroatoms. The van der Waals surface area contributed by atoms with E-state index in [2.05, 4.69) is 0 Å². The summed E-state index contributed by atoms with van der Waals surface area (Å²) in [5, 5.41) is 0. The fourth-order valence-corrected chi connectivity index (χ4v) is 4.34. The predicted octanol–water partition coefficient (Wildman–Crippen LogP) is 5.12. The second-order valence-corrected chi connectivity index (χ2v) is 7.89. The molecular formula is C26H25FN2O3. The molecule has 0 radical (unpaired) electrons. The molecule has 0 saturated carbocycles. The molecule has 2 amide bonds. The molecule has 0 aromatic heterocycles. The molecule has 2 atom stereocenters. The number of nitrogens with zero attached hydrogens (tertiary/aromatic N) is 2. The molecule has 164 valence electrons. The van der Waals surface area contributed by atoms with Crippen molar-refractivity contribution in [1.82, 2.24) is 0 Å². The van der Waals surface area contributed by atoms with Crippen molar-refractivity contribution in [3.8, 4) is 5.75 Å². The first-order valence-electron chi connectivity index (χ1n) is 10.6. The van der Waals surface area contributed by atoms with Gasteiger partial charge in [-0.1, -0.05) is 36.4 Å². The highest BCUT2D eigenvalue weighted by Gasteiger charge is 2.37. The molecule has 2 unspecified atom stereocenters. The summed E-state index contributed by atoms with van der Waals surface area (Å²) in [5.74, 6) is -0.185. The van der Waals surface area contributed by atoms with Crippen molar-refractivity contribution in [1.29, 1.82) is 0 Å². The Bertz CT molecular complexity index is 1100. The van der Waals surface area contributed by atoms with E-state index in [-0.39, 0.29) is 36.3 Å². The van der Waals surface area contributed by atoms with Crippen LogP contribution in [0.25, 0.3) is 0 Å². The number of hydrogen-bond acceptors (Lipinski definition) is 3. The largest absolute Gasteiger partial charge is 0.484 e. The second kappa shape index (κ2) is 9.22. The summed E-state index contributed by atoms with van der Waals surface area (Å²) in [5.41, 5.74) is 2.49. The highest BCUT2D eigenvalue weighted by molar-refractivity contribution is 5.98. The Labute approximate surface area is 187 Å². The van der Waals surface area contributed by atoms with Crippen molar-refractivity contribution in [2.24, 2.45) is 0 Å². The minimum atomic E-state index is -0.364. The maximum Gasteiger partial charge on any atom is 0.265 e. The number of carbonyl (C=O) groups is 2. The molecule has 1 aliphatic rings. The molecule has 1 aliphatic heterocycles. The van der Waals surface area contributed by atoms with Crippen molar-refractivity contribution in [2.75, 3.05) is 16.4 Å². The van der Waals surface area contributed by atoms with Crippen LogP contribution in [0.1, 0.15) is 31.9 Å². The van der Waals surface area contributed by atoms with Crippen molar-refractivity contribution in [3.63, 3.8) is 0 Å². The minimum absolute atomic E-state index is 0.0272. The zero-order chi connectivity index (χ0) is 22.7. The van der Waals surface area contributed by atoms with Gasteiger partial charge in [0.25, 0.3) is 5.91 Å². The van der Waals surface area contributed by atoms with Crippen molar-refractivity contribution >= 4 is 23.2 Å². The first kappa shape index (κ1) is 21.6. The first-order valence-corrected chi connectivity index (χ1v) is 10.6. The SMILES string of the molecule is CC(=O)N1c2ccccc2C(N(C(=O)COc2ccc(F)cc2)c2ccccc2)CC1C. The van der Waals surface area contributed by atoms with Gasteiger partial charge in [-0.3, -0.25) is 9.59 Å². The fourth-order valence-electron chi connectivity index (χ4n) is 4.34. The molecule has 1 heterocycles. The number of halogens is 1. The Morgan fingerprint density at radius 1 is 1.00 bits per heavy atom. The maximum absolute atomic E-state index is 13.5. The molecule has 5 nitrogen and oxygen atoms in total.